The lowest BCUT2D eigenvalue weighted by molar-refractivity contribution is -0.146. The molecule has 0 saturated carbocycles. The Bertz CT molecular complexity index is 724. The number of ether oxygens (including phenoxy) is 1. The largest absolute Gasteiger partial charge is 0.499 e. The summed E-state index contributed by atoms with van der Waals surface area (Å²) in [6, 6.07) is -1.93. The lowest BCUT2D eigenvalue weighted by Gasteiger charge is -2.30. The molecular weight excluding hydrogens is 521 g/mol. The molecule has 1 aliphatic heterocycles. The van der Waals surface area contributed by atoms with E-state index in [2.05, 4.69) is 11.2 Å². The summed E-state index contributed by atoms with van der Waals surface area (Å²) in [4.78, 5) is 38.8. The molecular formula is C18H20Cl6N2O4. The molecule has 1 heterocycles. The minimum Gasteiger partial charge on any atom is -0.499 e. The fourth-order valence-corrected chi connectivity index (χ4v) is 3.44. The summed E-state index contributed by atoms with van der Waals surface area (Å²) in [5.74, 6) is 0.784. The molecule has 0 aromatic rings. The molecule has 1 aliphatic rings. The summed E-state index contributed by atoms with van der Waals surface area (Å²) >= 11 is 34.8. The number of hydrogen-bond donors (Lipinski definition) is 1. The van der Waals surface area contributed by atoms with Crippen molar-refractivity contribution in [2.75, 3.05) is 7.11 Å². The second kappa shape index (κ2) is 11.9. The number of carbonyl (C=O) groups is 3. The van der Waals surface area contributed by atoms with Crippen LogP contribution in [0.1, 0.15) is 38.5 Å². The van der Waals surface area contributed by atoms with Gasteiger partial charge in [-0.15, -0.1) is 12.3 Å². The third-order valence-corrected chi connectivity index (χ3v) is 5.30. The second-order valence-corrected chi connectivity index (χ2v) is 11.5. The van der Waals surface area contributed by atoms with Crippen LogP contribution < -0.4 is 5.32 Å². The van der Waals surface area contributed by atoms with E-state index in [9.17, 15) is 14.4 Å². The van der Waals surface area contributed by atoms with Crippen LogP contribution in [0.2, 0.25) is 0 Å². The SMILES string of the molecule is C#CCCC(=O)N[C@H](CCC(Cl)(Cl)Cl)C(=O)N1C(=O)C=C(OC)C1CCC(Cl)(Cl)Cl. The van der Waals surface area contributed by atoms with Gasteiger partial charge in [0.05, 0.1) is 13.2 Å². The molecule has 0 saturated heterocycles. The molecule has 1 rings (SSSR count). The first kappa shape index (κ1) is 27.5. The van der Waals surface area contributed by atoms with Crippen LogP contribution in [-0.4, -0.2) is 49.4 Å². The molecule has 0 bridgehead atoms. The molecule has 12 heteroatoms. The van der Waals surface area contributed by atoms with Crippen molar-refractivity contribution in [3.05, 3.63) is 11.8 Å². The maximum absolute atomic E-state index is 13.2. The Hall–Kier alpha value is -0.550. The second-order valence-electron chi connectivity index (χ2n) is 6.45. The van der Waals surface area contributed by atoms with Gasteiger partial charge in [-0.05, 0) is 25.7 Å². The Kier molecular flexibility index (Phi) is 10.9. The first-order valence-electron chi connectivity index (χ1n) is 8.78. The number of terminal acetylenes is 1. The van der Waals surface area contributed by atoms with Crippen LogP contribution in [0.5, 0.6) is 0 Å². The van der Waals surface area contributed by atoms with Crippen LogP contribution in [-0.2, 0) is 19.1 Å². The van der Waals surface area contributed by atoms with E-state index in [1.54, 1.807) is 0 Å². The number of methoxy groups -OCH3 is 1. The normalized spacial score (nSPS) is 17.9. The Balaban J connectivity index is 3.08. The molecule has 1 unspecified atom stereocenters. The van der Waals surface area contributed by atoms with Gasteiger partial charge in [0.2, 0.25) is 5.91 Å². The molecule has 0 spiro atoms. The van der Waals surface area contributed by atoms with Gasteiger partial charge < -0.3 is 10.1 Å². The number of halogens is 6. The van der Waals surface area contributed by atoms with Gasteiger partial charge >= 0.3 is 0 Å². The fourth-order valence-electron chi connectivity index (χ4n) is 2.78. The van der Waals surface area contributed by atoms with Gasteiger partial charge in [0.1, 0.15) is 11.8 Å². The Morgan fingerprint density at radius 2 is 1.83 bits per heavy atom. The molecule has 1 N–H and O–H groups in total. The van der Waals surface area contributed by atoms with E-state index in [1.165, 1.54) is 13.2 Å². The number of amides is 3. The number of nitrogens with one attached hydrogen (secondary N) is 1. The predicted octanol–water partition coefficient (Wildman–Crippen LogP) is 4.45. The van der Waals surface area contributed by atoms with Crippen LogP contribution in [0.15, 0.2) is 11.8 Å². The molecule has 0 radical (unpaired) electrons. The lowest BCUT2D eigenvalue weighted by atomic mass is 10.1. The monoisotopic (exact) mass is 538 g/mol. The highest BCUT2D eigenvalue weighted by atomic mass is 35.6. The molecule has 168 valence electrons. The van der Waals surface area contributed by atoms with Crippen molar-refractivity contribution < 1.29 is 19.1 Å². The number of hydrogen-bond acceptors (Lipinski definition) is 4. The molecule has 6 nitrogen and oxygen atoms in total. The highest BCUT2D eigenvalue weighted by molar-refractivity contribution is 6.67. The first-order chi connectivity index (χ1) is 13.8. The van der Waals surface area contributed by atoms with Crippen molar-refractivity contribution in [3.63, 3.8) is 0 Å². The van der Waals surface area contributed by atoms with Crippen molar-refractivity contribution in [1.82, 2.24) is 10.2 Å². The third-order valence-electron chi connectivity index (χ3n) is 4.16. The standard InChI is InChI=1S/C18H20Cl6N2O4/c1-3-4-5-14(27)25-11(6-8-17(19,20)21)16(29)26-12(7-9-18(22,23)24)13(30-2)10-15(26)28/h1,10-12H,4-9H2,2H3,(H,25,27)/t11-,12?/m1/s1. The Morgan fingerprint density at radius 3 is 2.33 bits per heavy atom. The molecule has 30 heavy (non-hydrogen) atoms. The number of nitrogens with zero attached hydrogens (tertiary/aromatic N) is 1. The van der Waals surface area contributed by atoms with Crippen molar-refractivity contribution in [1.29, 1.82) is 0 Å². The summed E-state index contributed by atoms with van der Waals surface area (Å²) in [5.41, 5.74) is 0. The van der Waals surface area contributed by atoms with Crippen LogP contribution >= 0.6 is 69.6 Å². The van der Waals surface area contributed by atoms with Crippen LogP contribution in [0.3, 0.4) is 0 Å². The smallest absolute Gasteiger partial charge is 0.257 e. The summed E-state index contributed by atoms with van der Waals surface area (Å²) in [7, 11) is 1.36. The molecule has 3 amide bonds. The summed E-state index contributed by atoms with van der Waals surface area (Å²) in [5, 5.41) is 2.55. The van der Waals surface area contributed by atoms with Crippen molar-refractivity contribution in [2.24, 2.45) is 0 Å². The van der Waals surface area contributed by atoms with Gasteiger partial charge in [-0.2, -0.15) is 0 Å². The predicted molar refractivity (Wildman–Crippen MR) is 120 cm³/mol. The Morgan fingerprint density at radius 1 is 1.23 bits per heavy atom. The molecule has 2 atom stereocenters. The maximum Gasteiger partial charge on any atom is 0.257 e. The van der Waals surface area contributed by atoms with E-state index in [0.29, 0.717) is 0 Å². The van der Waals surface area contributed by atoms with Crippen molar-refractivity contribution in [2.45, 2.75) is 58.2 Å². The zero-order valence-electron chi connectivity index (χ0n) is 15.9. The minimum atomic E-state index is -1.65. The van der Waals surface area contributed by atoms with E-state index in [1.807, 2.05) is 0 Å². The maximum atomic E-state index is 13.2. The summed E-state index contributed by atoms with van der Waals surface area (Å²) in [6.07, 6.45) is 6.63. The zero-order chi connectivity index (χ0) is 23.1. The average molecular weight is 541 g/mol. The molecule has 0 aromatic carbocycles. The number of carbonyl (C=O) groups excluding carboxylic acids is 3. The van der Waals surface area contributed by atoms with Crippen LogP contribution in [0, 0.1) is 12.3 Å². The van der Waals surface area contributed by atoms with Gasteiger partial charge in [0.25, 0.3) is 11.8 Å². The molecule has 0 aromatic heterocycles. The molecule has 0 fully saturated rings. The van der Waals surface area contributed by atoms with E-state index >= 15 is 0 Å². The van der Waals surface area contributed by atoms with Crippen LogP contribution in [0.4, 0.5) is 0 Å². The van der Waals surface area contributed by atoms with Gasteiger partial charge in [-0.1, -0.05) is 69.6 Å². The quantitative estimate of drug-likeness (QED) is 0.346. The van der Waals surface area contributed by atoms with Gasteiger partial charge in [-0.25, -0.2) is 0 Å². The van der Waals surface area contributed by atoms with E-state index in [0.717, 1.165) is 4.90 Å². The van der Waals surface area contributed by atoms with E-state index < -0.39 is 37.4 Å². The fraction of sp³-hybridized carbons (Fsp3) is 0.611. The summed E-state index contributed by atoms with van der Waals surface area (Å²) < 4.78 is 1.98. The van der Waals surface area contributed by atoms with Crippen LogP contribution in [0.25, 0.3) is 0 Å². The number of rotatable bonds is 9. The average Bonchev–Trinajstić information content (AvgIpc) is 2.95. The van der Waals surface area contributed by atoms with E-state index in [4.69, 9.17) is 80.8 Å². The molecule has 0 aliphatic carbocycles. The zero-order valence-corrected chi connectivity index (χ0v) is 20.4. The van der Waals surface area contributed by atoms with Gasteiger partial charge in [0.15, 0.2) is 7.59 Å². The van der Waals surface area contributed by atoms with Crippen molar-refractivity contribution in [3.8, 4) is 12.3 Å². The minimum absolute atomic E-state index is 0.000256. The van der Waals surface area contributed by atoms with Gasteiger partial charge in [0, 0.05) is 18.9 Å². The Labute approximate surface area is 205 Å². The first-order valence-corrected chi connectivity index (χ1v) is 11.0. The number of alkyl halides is 6. The van der Waals surface area contributed by atoms with E-state index in [-0.39, 0.29) is 44.3 Å². The topological polar surface area (TPSA) is 75.7 Å². The lowest BCUT2D eigenvalue weighted by Crippen LogP contribution is -2.52. The van der Waals surface area contributed by atoms with Crippen molar-refractivity contribution >= 4 is 87.3 Å². The highest BCUT2D eigenvalue weighted by Gasteiger charge is 2.42. The number of imide groups is 1. The third kappa shape index (κ3) is 9.30. The highest BCUT2D eigenvalue weighted by Crippen LogP contribution is 2.36. The summed E-state index contributed by atoms with van der Waals surface area (Å²) in [6.45, 7) is 0. The van der Waals surface area contributed by atoms with Gasteiger partial charge in [-0.3, -0.25) is 19.3 Å².